The van der Waals surface area contributed by atoms with Crippen molar-refractivity contribution >= 4 is 11.6 Å². The molecule has 2 aromatic rings. The first kappa shape index (κ1) is 15.1. The molecular weight excluding hydrogens is 268 g/mol. The van der Waals surface area contributed by atoms with Crippen LogP contribution < -0.4 is 11.1 Å². The molecule has 1 heterocycles. The first-order valence-electron chi connectivity index (χ1n) is 6.93. The minimum absolute atomic E-state index is 0.00201. The zero-order valence-corrected chi connectivity index (χ0v) is 12.0. The van der Waals surface area contributed by atoms with Crippen molar-refractivity contribution in [2.24, 2.45) is 0 Å². The van der Waals surface area contributed by atoms with Crippen LogP contribution in [0.25, 0.3) is 5.69 Å². The molecule has 2 rings (SSSR count). The van der Waals surface area contributed by atoms with E-state index in [9.17, 15) is 4.79 Å². The fourth-order valence-electron chi connectivity index (χ4n) is 2.02. The molecule has 0 radical (unpaired) electrons. The number of hydrogen-bond acceptors (Lipinski definition) is 4. The lowest BCUT2D eigenvalue weighted by molar-refractivity contribution is 0.0931. The minimum atomic E-state index is -0.219. The maximum Gasteiger partial charge on any atom is 0.271 e. The summed E-state index contributed by atoms with van der Waals surface area (Å²) in [6.45, 7) is 2.03. The van der Waals surface area contributed by atoms with Gasteiger partial charge in [0, 0.05) is 24.5 Å². The standard InChI is InChI=1S/C15H20N4O2/c1-11(4-3-9-20)17-15(21)14-7-8-19(18-14)13-6-2-5-12(16)10-13/h2,5-8,10-11,20H,3-4,9,16H2,1H3,(H,17,21). The lowest BCUT2D eigenvalue weighted by Gasteiger charge is -2.11. The van der Waals surface area contributed by atoms with Gasteiger partial charge in [0.25, 0.3) is 5.91 Å². The van der Waals surface area contributed by atoms with E-state index in [4.69, 9.17) is 10.8 Å². The van der Waals surface area contributed by atoms with Crippen molar-refractivity contribution in [1.29, 1.82) is 0 Å². The van der Waals surface area contributed by atoms with Crippen molar-refractivity contribution in [3.05, 3.63) is 42.2 Å². The van der Waals surface area contributed by atoms with Crippen LogP contribution in [0.1, 0.15) is 30.3 Å². The average molecular weight is 288 g/mol. The topological polar surface area (TPSA) is 93.2 Å². The zero-order valence-electron chi connectivity index (χ0n) is 12.0. The molecule has 6 heteroatoms. The molecule has 1 unspecified atom stereocenters. The highest BCUT2D eigenvalue weighted by atomic mass is 16.3. The molecule has 0 saturated carbocycles. The zero-order chi connectivity index (χ0) is 15.2. The summed E-state index contributed by atoms with van der Waals surface area (Å²) in [4.78, 5) is 12.1. The predicted molar refractivity (Wildman–Crippen MR) is 81.2 cm³/mol. The third kappa shape index (κ3) is 4.06. The van der Waals surface area contributed by atoms with E-state index in [2.05, 4.69) is 10.4 Å². The molecule has 0 saturated heterocycles. The number of nitrogens with one attached hydrogen (secondary N) is 1. The van der Waals surface area contributed by atoms with Gasteiger partial charge in [-0.1, -0.05) is 6.07 Å². The van der Waals surface area contributed by atoms with Gasteiger partial charge in [0.15, 0.2) is 5.69 Å². The Balaban J connectivity index is 2.04. The van der Waals surface area contributed by atoms with E-state index in [0.29, 0.717) is 17.8 Å². The summed E-state index contributed by atoms with van der Waals surface area (Å²) in [7, 11) is 0. The van der Waals surface area contributed by atoms with Crippen molar-refractivity contribution in [1.82, 2.24) is 15.1 Å². The Bertz CT molecular complexity index is 609. The van der Waals surface area contributed by atoms with Crippen molar-refractivity contribution in [2.75, 3.05) is 12.3 Å². The average Bonchev–Trinajstić information content (AvgIpc) is 2.95. The molecule has 1 amide bonds. The maximum atomic E-state index is 12.1. The monoisotopic (exact) mass is 288 g/mol. The van der Waals surface area contributed by atoms with E-state index in [0.717, 1.165) is 12.1 Å². The van der Waals surface area contributed by atoms with Crippen LogP contribution in [0, 0.1) is 0 Å². The fourth-order valence-corrected chi connectivity index (χ4v) is 2.02. The van der Waals surface area contributed by atoms with Crippen LogP contribution in [0.5, 0.6) is 0 Å². The maximum absolute atomic E-state index is 12.1. The Kier molecular flexibility index (Phi) is 4.94. The van der Waals surface area contributed by atoms with Gasteiger partial charge in [-0.2, -0.15) is 5.10 Å². The van der Waals surface area contributed by atoms with Gasteiger partial charge in [-0.3, -0.25) is 4.79 Å². The van der Waals surface area contributed by atoms with E-state index in [-0.39, 0.29) is 18.6 Å². The summed E-state index contributed by atoms with van der Waals surface area (Å²) in [6, 6.07) is 8.96. The van der Waals surface area contributed by atoms with E-state index in [1.54, 1.807) is 29.1 Å². The van der Waals surface area contributed by atoms with Crippen LogP contribution in [0.15, 0.2) is 36.5 Å². The molecule has 0 aliphatic rings. The summed E-state index contributed by atoms with van der Waals surface area (Å²) in [6.07, 6.45) is 3.12. The number of hydrogen-bond donors (Lipinski definition) is 3. The molecule has 4 N–H and O–H groups in total. The Labute approximate surface area is 123 Å². The molecule has 21 heavy (non-hydrogen) atoms. The van der Waals surface area contributed by atoms with Crippen LogP contribution in [-0.4, -0.2) is 33.4 Å². The SMILES string of the molecule is CC(CCCO)NC(=O)c1ccn(-c2cccc(N)c2)n1. The van der Waals surface area contributed by atoms with Crippen molar-refractivity contribution in [3.63, 3.8) is 0 Å². The van der Waals surface area contributed by atoms with E-state index in [1.165, 1.54) is 0 Å². The minimum Gasteiger partial charge on any atom is -0.399 e. The second-order valence-corrected chi connectivity index (χ2v) is 4.98. The number of rotatable bonds is 6. The van der Waals surface area contributed by atoms with E-state index in [1.807, 2.05) is 19.1 Å². The molecule has 0 spiro atoms. The second kappa shape index (κ2) is 6.90. The van der Waals surface area contributed by atoms with E-state index < -0.39 is 0 Å². The summed E-state index contributed by atoms with van der Waals surface area (Å²) < 4.78 is 1.61. The Morgan fingerprint density at radius 2 is 2.29 bits per heavy atom. The highest BCUT2D eigenvalue weighted by Crippen LogP contribution is 2.11. The Morgan fingerprint density at radius 3 is 3.00 bits per heavy atom. The van der Waals surface area contributed by atoms with Crippen LogP contribution in [0.3, 0.4) is 0 Å². The number of anilines is 1. The number of amides is 1. The molecule has 0 fully saturated rings. The highest BCUT2D eigenvalue weighted by Gasteiger charge is 2.12. The third-order valence-electron chi connectivity index (χ3n) is 3.13. The number of carbonyl (C=O) groups is 1. The highest BCUT2D eigenvalue weighted by molar-refractivity contribution is 5.92. The number of nitrogens with two attached hydrogens (primary N) is 1. The van der Waals surface area contributed by atoms with Gasteiger partial charge >= 0.3 is 0 Å². The van der Waals surface area contributed by atoms with Gasteiger partial charge in [0.2, 0.25) is 0 Å². The number of nitrogen functional groups attached to an aromatic ring is 1. The quantitative estimate of drug-likeness (QED) is 0.699. The molecule has 6 nitrogen and oxygen atoms in total. The fraction of sp³-hybridized carbons (Fsp3) is 0.333. The van der Waals surface area contributed by atoms with Crippen LogP contribution >= 0.6 is 0 Å². The molecule has 0 aliphatic heterocycles. The van der Waals surface area contributed by atoms with Crippen LogP contribution in [0.4, 0.5) is 5.69 Å². The molecular formula is C15H20N4O2. The van der Waals surface area contributed by atoms with Gasteiger partial charge < -0.3 is 16.2 Å². The Morgan fingerprint density at radius 1 is 1.48 bits per heavy atom. The van der Waals surface area contributed by atoms with Crippen molar-refractivity contribution < 1.29 is 9.90 Å². The van der Waals surface area contributed by atoms with Gasteiger partial charge in [-0.25, -0.2) is 4.68 Å². The molecule has 0 bridgehead atoms. The largest absolute Gasteiger partial charge is 0.399 e. The predicted octanol–water partition coefficient (Wildman–Crippen LogP) is 1.35. The van der Waals surface area contributed by atoms with Gasteiger partial charge in [-0.15, -0.1) is 0 Å². The number of nitrogens with zero attached hydrogens (tertiary/aromatic N) is 2. The molecule has 1 aromatic heterocycles. The van der Waals surface area contributed by atoms with Gasteiger partial charge in [0.05, 0.1) is 5.69 Å². The number of aromatic nitrogens is 2. The number of aliphatic hydroxyl groups is 1. The first-order valence-corrected chi connectivity index (χ1v) is 6.93. The second-order valence-electron chi connectivity index (χ2n) is 4.98. The van der Waals surface area contributed by atoms with Gasteiger partial charge in [-0.05, 0) is 44.0 Å². The summed E-state index contributed by atoms with van der Waals surface area (Å²) in [5.74, 6) is -0.219. The molecule has 112 valence electrons. The van der Waals surface area contributed by atoms with Crippen molar-refractivity contribution in [2.45, 2.75) is 25.8 Å². The molecule has 1 aromatic carbocycles. The third-order valence-corrected chi connectivity index (χ3v) is 3.13. The van der Waals surface area contributed by atoms with Crippen LogP contribution in [0.2, 0.25) is 0 Å². The summed E-state index contributed by atoms with van der Waals surface area (Å²) in [5, 5.41) is 15.9. The lowest BCUT2D eigenvalue weighted by Crippen LogP contribution is -2.33. The summed E-state index contributed by atoms with van der Waals surface area (Å²) >= 11 is 0. The normalized spacial score (nSPS) is 12.1. The lowest BCUT2D eigenvalue weighted by atomic mass is 10.2. The van der Waals surface area contributed by atoms with Crippen LogP contribution in [-0.2, 0) is 0 Å². The smallest absolute Gasteiger partial charge is 0.271 e. The van der Waals surface area contributed by atoms with Gasteiger partial charge in [0.1, 0.15) is 0 Å². The number of carbonyl (C=O) groups excluding carboxylic acids is 1. The first-order chi connectivity index (χ1) is 10.1. The summed E-state index contributed by atoms with van der Waals surface area (Å²) in [5.41, 5.74) is 7.54. The van der Waals surface area contributed by atoms with E-state index >= 15 is 0 Å². The Hall–Kier alpha value is -2.34. The van der Waals surface area contributed by atoms with Crippen molar-refractivity contribution in [3.8, 4) is 5.69 Å². The number of aliphatic hydroxyl groups excluding tert-OH is 1. The molecule has 0 aliphatic carbocycles. The molecule has 1 atom stereocenters. The number of benzene rings is 1.